The molecule has 1 atom stereocenters. The van der Waals surface area contributed by atoms with E-state index in [-0.39, 0.29) is 5.60 Å². The predicted octanol–water partition coefficient (Wildman–Crippen LogP) is 6.69. The Morgan fingerprint density at radius 1 is 0.760 bits per heavy atom. The predicted molar refractivity (Wildman–Crippen MR) is 106 cm³/mol. The second-order valence-electron chi connectivity index (χ2n) is 8.23. The minimum absolute atomic E-state index is 0.190. The van der Waals surface area contributed by atoms with E-state index in [0.29, 0.717) is 5.92 Å². The maximum Gasteiger partial charge on any atom is 0.128 e. The topological polar surface area (TPSA) is 18.5 Å². The number of rotatable bonds is 6. The normalized spacial score (nSPS) is 13.4. The summed E-state index contributed by atoms with van der Waals surface area (Å²) in [5.74, 6) is 2.36. The molecule has 0 amide bonds. The van der Waals surface area contributed by atoms with Crippen molar-refractivity contribution in [2.45, 2.75) is 72.0 Å². The van der Waals surface area contributed by atoms with Crippen LogP contribution in [-0.4, -0.2) is 5.60 Å². The second kappa shape index (κ2) is 7.51. The summed E-state index contributed by atoms with van der Waals surface area (Å²) in [6, 6.07) is 16.7. The lowest BCUT2D eigenvalue weighted by atomic mass is 9.97. The van der Waals surface area contributed by atoms with Crippen molar-refractivity contribution in [3.63, 3.8) is 0 Å². The van der Waals surface area contributed by atoms with Gasteiger partial charge < -0.3 is 9.47 Å². The molecule has 2 heteroatoms. The molecule has 0 aliphatic rings. The maximum absolute atomic E-state index is 6.26. The maximum atomic E-state index is 6.26. The lowest BCUT2D eigenvalue weighted by Gasteiger charge is -2.28. The zero-order valence-electron chi connectivity index (χ0n) is 16.7. The molecule has 0 N–H and O–H groups in total. The summed E-state index contributed by atoms with van der Waals surface area (Å²) >= 11 is 0. The Balaban J connectivity index is 2.10. The summed E-state index contributed by atoms with van der Waals surface area (Å²) in [6.07, 6.45) is 1.15. The molecule has 0 bridgehead atoms. The molecular weight excluding hydrogens is 308 g/mol. The molecule has 2 aromatic rings. The van der Waals surface area contributed by atoms with Crippen molar-refractivity contribution in [2.24, 2.45) is 0 Å². The van der Waals surface area contributed by atoms with Gasteiger partial charge in [0.05, 0.1) is 0 Å². The third-order valence-corrected chi connectivity index (χ3v) is 4.41. The Hall–Kier alpha value is -1.96. The highest BCUT2D eigenvalue weighted by Gasteiger charge is 2.23. The van der Waals surface area contributed by atoms with Crippen LogP contribution in [-0.2, 0) is 5.60 Å². The van der Waals surface area contributed by atoms with E-state index in [1.807, 2.05) is 12.1 Å². The molecule has 1 unspecified atom stereocenters. The average Bonchev–Trinajstić information content (AvgIpc) is 2.53. The van der Waals surface area contributed by atoms with Crippen LogP contribution in [0, 0.1) is 0 Å². The summed E-state index contributed by atoms with van der Waals surface area (Å²) in [6.45, 7) is 14.8. The molecule has 0 saturated carbocycles. The Bertz CT molecular complexity index is 661. The van der Waals surface area contributed by atoms with E-state index >= 15 is 0 Å². The van der Waals surface area contributed by atoms with Gasteiger partial charge in [0, 0.05) is 0 Å². The van der Waals surface area contributed by atoms with Crippen molar-refractivity contribution >= 4 is 0 Å². The van der Waals surface area contributed by atoms with E-state index < -0.39 is 5.60 Å². The van der Waals surface area contributed by atoms with Crippen molar-refractivity contribution in [3.8, 4) is 11.5 Å². The SMILES string of the molecule is CCC(C)c1ccc(OC(C)(C)c2ccc(OC(C)(C)C)cc2)cc1. The van der Waals surface area contributed by atoms with Gasteiger partial charge >= 0.3 is 0 Å². The minimum atomic E-state index is -0.405. The molecule has 0 aliphatic heterocycles. The van der Waals surface area contributed by atoms with Gasteiger partial charge in [0.25, 0.3) is 0 Å². The van der Waals surface area contributed by atoms with E-state index in [2.05, 4.69) is 84.9 Å². The first kappa shape index (κ1) is 19.4. The molecule has 0 heterocycles. The third kappa shape index (κ3) is 5.52. The fourth-order valence-electron chi connectivity index (χ4n) is 2.73. The van der Waals surface area contributed by atoms with E-state index in [4.69, 9.17) is 9.47 Å². The first-order chi connectivity index (χ1) is 11.6. The van der Waals surface area contributed by atoms with Crippen LogP contribution in [0.1, 0.15) is 71.9 Å². The molecule has 0 aromatic heterocycles. The van der Waals surface area contributed by atoms with Crippen LogP contribution in [0.4, 0.5) is 0 Å². The van der Waals surface area contributed by atoms with Gasteiger partial charge in [-0.05, 0) is 82.3 Å². The average molecular weight is 341 g/mol. The van der Waals surface area contributed by atoms with Crippen LogP contribution >= 0.6 is 0 Å². The summed E-state index contributed by atoms with van der Waals surface area (Å²) < 4.78 is 12.1. The highest BCUT2D eigenvalue weighted by atomic mass is 16.5. The molecule has 2 aromatic carbocycles. The second-order valence-corrected chi connectivity index (χ2v) is 8.23. The quantitative estimate of drug-likeness (QED) is 0.583. The fraction of sp³-hybridized carbons (Fsp3) is 0.478. The summed E-state index contributed by atoms with van der Waals surface area (Å²) in [5, 5.41) is 0. The van der Waals surface area contributed by atoms with Crippen molar-refractivity contribution in [1.82, 2.24) is 0 Å². The third-order valence-electron chi connectivity index (χ3n) is 4.41. The van der Waals surface area contributed by atoms with E-state index in [1.54, 1.807) is 0 Å². The number of hydrogen-bond acceptors (Lipinski definition) is 2. The van der Waals surface area contributed by atoms with Gasteiger partial charge in [-0.1, -0.05) is 38.1 Å². The lowest BCUT2D eigenvalue weighted by molar-refractivity contribution is 0.108. The van der Waals surface area contributed by atoms with Gasteiger partial charge in [-0.3, -0.25) is 0 Å². The van der Waals surface area contributed by atoms with Crippen molar-refractivity contribution in [1.29, 1.82) is 0 Å². The molecule has 25 heavy (non-hydrogen) atoms. The van der Waals surface area contributed by atoms with Crippen LogP contribution in [0.2, 0.25) is 0 Å². The van der Waals surface area contributed by atoms with Crippen LogP contribution in [0.3, 0.4) is 0 Å². The largest absolute Gasteiger partial charge is 0.488 e. The molecular formula is C23H32O2. The number of ether oxygens (including phenoxy) is 2. The molecule has 0 radical (unpaired) electrons. The van der Waals surface area contributed by atoms with Crippen molar-refractivity contribution in [3.05, 3.63) is 59.7 Å². The van der Waals surface area contributed by atoms with Crippen molar-refractivity contribution < 1.29 is 9.47 Å². The van der Waals surface area contributed by atoms with Crippen LogP contribution in [0.15, 0.2) is 48.5 Å². The number of benzene rings is 2. The Labute approximate surface area is 153 Å². The molecule has 2 rings (SSSR count). The van der Waals surface area contributed by atoms with E-state index in [9.17, 15) is 0 Å². The zero-order valence-corrected chi connectivity index (χ0v) is 16.7. The molecule has 136 valence electrons. The van der Waals surface area contributed by atoms with Crippen LogP contribution in [0.25, 0.3) is 0 Å². The first-order valence-corrected chi connectivity index (χ1v) is 9.19. The first-order valence-electron chi connectivity index (χ1n) is 9.19. The smallest absolute Gasteiger partial charge is 0.128 e. The highest BCUT2D eigenvalue weighted by Crippen LogP contribution is 2.30. The monoisotopic (exact) mass is 340 g/mol. The van der Waals surface area contributed by atoms with Gasteiger partial charge in [-0.2, -0.15) is 0 Å². The zero-order chi connectivity index (χ0) is 18.7. The molecule has 0 spiro atoms. The molecule has 2 nitrogen and oxygen atoms in total. The minimum Gasteiger partial charge on any atom is -0.488 e. The molecule has 0 aliphatic carbocycles. The summed E-state index contributed by atoms with van der Waals surface area (Å²) in [5.41, 5.74) is 1.89. The van der Waals surface area contributed by atoms with E-state index in [0.717, 1.165) is 23.5 Å². The van der Waals surface area contributed by atoms with Gasteiger partial charge in [-0.15, -0.1) is 0 Å². The van der Waals surface area contributed by atoms with Gasteiger partial charge in [-0.25, -0.2) is 0 Å². The highest BCUT2D eigenvalue weighted by molar-refractivity contribution is 5.34. The van der Waals surface area contributed by atoms with Crippen molar-refractivity contribution in [2.75, 3.05) is 0 Å². The molecule has 0 saturated heterocycles. The van der Waals surface area contributed by atoms with Crippen LogP contribution < -0.4 is 9.47 Å². The number of hydrogen-bond donors (Lipinski definition) is 0. The van der Waals surface area contributed by atoms with Gasteiger partial charge in [0.15, 0.2) is 0 Å². The summed E-state index contributed by atoms with van der Waals surface area (Å²) in [7, 11) is 0. The Kier molecular flexibility index (Phi) is 5.82. The fourth-order valence-corrected chi connectivity index (χ4v) is 2.73. The van der Waals surface area contributed by atoms with E-state index in [1.165, 1.54) is 5.56 Å². The Morgan fingerprint density at radius 3 is 1.72 bits per heavy atom. The summed E-state index contributed by atoms with van der Waals surface area (Å²) in [4.78, 5) is 0. The van der Waals surface area contributed by atoms with Gasteiger partial charge in [0.1, 0.15) is 22.7 Å². The lowest BCUT2D eigenvalue weighted by Crippen LogP contribution is -2.25. The molecule has 0 fully saturated rings. The Morgan fingerprint density at radius 2 is 1.24 bits per heavy atom. The standard InChI is InChI=1S/C23H32O2/c1-8-17(2)18-9-13-21(14-10-18)25-23(6,7)19-11-15-20(16-12-19)24-22(3,4)5/h9-17H,8H2,1-7H3. The van der Waals surface area contributed by atoms with Gasteiger partial charge in [0.2, 0.25) is 0 Å². The van der Waals surface area contributed by atoms with Crippen LogP contribution in [0.5, 0.6) is 11.5 Å².